The quantitative estimate of drug-likeness (QED) is 0.552. The minimum atomic E-state index is -3.94. The average molecular weight is 416 g/mol. The van der Waals surface area contributed by atoms with Gasteiger partial charge in [-0.1, -0.05) is 11.6 Å². The van der Waals surface area contributed by atoms with Crippen LogP contribution in [0.2, 0.25) is 5.02 Å². The molecule has 13 heteroatoms. The van der Waals surface area contributed by atoms with Crippen molar-refractivity contribution in [2.45, 2.75) is 11.8 Å². The van der Waals surface area contributed by atoms with Crippen molar-refractivity contribution >= 4 is 50.7 Å². The van der Waals surface area contributed by atoms with E-state index in [0.717, 1.165) is 11.0 Å². The second kappa shape index (κ2) is 7.73. The van der Waals surface area contributed by atoms with Crippen LogP contribution in [0.3, 0.4) is 0 Å². The lowest BCUT2D eigenvalue weighted by Crippen LogP contribution is -2.28. The van der Waals surface area contributed by atoms with E-state index in [2.05, 4.69) is 4.98 Å². The van der Waals surface area contributed by atoms with Crippen LogP contribution in [0.15, 0.2) is 35.2 Å². The van der Waals surface area contributed by atoms with Crippen LogP contribution >= 0.6 is 11.6 Å². The topological polar surface area (TPSA) is 172 Å². The molecule has 11 nitrogen and oxygen atoms in total. The summed E-state index contributed by atoms with van der Waals surface area (Å²) in [6.07, 6.45) is -0.877. The van der Waals surface area contributed by atoms with Crippen LogP contribution in [-0.4, -0.2) is 31.0 Å². The van der Waals surface area contributed by atoms with Gasteiger partial charge < -0.3 is 10.5 Å². The molecular formula is C14H14ClN5O6S. The number of carbonyl (C=O) groups excluding carboxylic acids is 1. The molecule has 4 N–H and O–H groups in total. The highest BCUT2D eigenvalue weighted by Crippen LogP contribution is 2.35. The van der Waals surface area contributed by atoms with Crippen LogP contribution in [0.4, 0.5) is 27.8 Å². The highest BCUT2D eigenvalue weighted by atomic mass is 35.5. The van der Waals surface area contributed by atoms with Crippen molar-refractivity contribution in [3.8, 4) is 0 Å². The van der Waals surface area contributed by atoms with E-state index in [1.165, 1.54) is 24.3 Å². The number of nitrogen functional groups attached to an aromatic ring is 1. The summed E-state index contributed by atoms with van der Waals surface area (Å²) in [4.78, 5) is 27.2. The van der Waals surface area contributed by atoms with Crippen LogP contribution in [0.1, 0.15) is 6.92 Å². The maximum Gasteiger partial charge on any atom is 0.420 e. The minimum absolute atomic E-state index is 0.0286. The Morgan fingerprint density at radius 1 is 1.37 bits per heavy atom. The van der Waals surface area contributed by atoms with E-state index in [1.54, 1.807) is 6.92 Å². The molecule has 0 atom stereocenters. The zero-order chi connectivity index (χ0) is 20.4. The number of pyridine rings is 1. The number of nitrogens with zero attached hydrogens (tertiary/aromatic N) is 3. The van der Waals surface area contributed by atoms with Gasteiger partial charge in [0.1, 0.15) is 10.8 Å². The largest absolute Gasteiger partial charge is 0.449 e. The number of halogens is 1. The first kappa shape index (κ1) is 20.4. The maximum absolute atomic E-state index is 12.4. The molecule has 0 spiro atoms. The first-order valence-corrected chi connectivity index (χ1v) is 9.18. The third-order valence-electron chi connectivity index (χ3n) is 3.25. The lowest BCUT2D eigenvalue weighted by molar-refractivity contribution is -0.384. The summed E-state index contributed by atoms with van der Waals surface area (Å²) in [6, 6.07) is 5.98. The van der Waals surface area contributed by atoms with Crippen molar-refractivity contribution in [2.24, 2.45) is 5.14 Å². The Balaban J connectivity index is 2.60. The van der Waals surface area contributed by atoms with E-state index < -0.39 is 32.5 Å². The van der Waals surface area contributed by atoms with Gasteiger partial charge in [-0.05, 0) is 31.2 Å². The van der Waals surface area contributed by atoms with Gasteiger partial charge >= 0.3 is 11.8 Å². The number of benzene rings is 1. The van der Waals surface area contributed by atoms with Crippen molar-refractivity contribution in [3.05, 3.63) is 45.5 Å². The van der Waals surface area contributed by atoms with Gasteiger partial charge in [-0.25, -0.2) is 28.2 Å². The second-order valence-corrected chi connectivity index (χ2v) is 7.00. The molecule has 2 aromatic rings. The summed E-state index contributed by atoms with van der Waals surface area (Å²) in [6.45, 7) is 1.60. The van der Waals surface area contributed by atoms with Crippen molar-refractivity contribution in [3.63, 3.8) is 0 Å². The van der Waals surface area contributed by atoms with Crippen LogP contribution < -0.4 is 15.8 Å². The maximum atomic E-state index is 12.4. The van der Waals surface area contributed by atoms with Gasteiger partial charge in [-0.15, -0.1) is 0 Å². The summed E-state index contributed by atoms with van der Waals surface area (Å²) < 4.78 is 27.7. The number of sulfonamides is 1. The number of hydrogen-bond acceptors (Lipinski definition) is 8. The summed E-state index contributed by atoms with van der Waals surface area (Å²) in [5.74, 6) is -0.650. The summed E-state index contributed by atoms with van der Waals surface area (Å²) in [5, 5.41) is 15.7. The van der Waals surface area contributed by atoms with E-state index in [0.29, 0.717) is 0 Å². The monoisotopic (exact) mass is 415 g/mol. The van der Waals surface area contributed by atoms with E-state index >= 15 is 0 Å². The fourth-order valence-corrected chi connectivity index (χ4v) is 2.89. The van der Waals surface area contributed by atoms with Crippen molar-refractivity contribution < 1.29 is 22.9 Å². The number of amides is 1. The lowest BCUT2D eigenvalue weighted by atomic mass is 10.3. The van der Waals surface area contributed by atoms with Gasteiger partial charge in [0.15, 0.2) is 0 Å². The Kier molecular flexibility index (Phi) is 5.83. The number of hydrogen-bond donors (Lipinski definition) is 2. The Morgan fingerprint density at radius 2 is 1.96 bits per heavy atom. The molecule has 0 fully saturated rings. The van der Waals surface area contributed by atoms with E-state index in [-0.39, 0.29) is 28.0 Å². The zero-order valence-corrected chi connectivity index (χ0v) is 15.4. The molecule has 0 aliphatic heterocycles. The minimum Gasteiger partial charge on any atom is -0.449 e. The van der Waals surface area contributed by atoms with Crippen LogP contribution in [0.25, 0.3) is 0 Å². The summed E-state index contributed by atoms with van der Waals surface area (Å²) in [5.41, 5.74) is 5.13. The number of aromatic nitrogens is 1. The molecule has 27 heavy (non-hydrogen) atoms. The van der Waals surface area contributed by atoms with Gasteiger partial charge in [-0.2, -0.15) is 0 Å². The van der Waals surface area contributed by atoms with E-state index in [4.69, 9.17) is 27.2 Å². The fraction of sp³-hybridized carbons (Fsp3) is 0.143. The fourth-order valence-electron chi connectivity index (χ4n) is 2.11. The Bertz CT molecular complexity index is 973. The molecule has 1 heterocycles. The van der Waals surface area contributed by atoms with Gasteiger partial charge in [0.25, 0.3) is 0 Å². The molecule has 1 amide bonds. The Hall–Kier alpha value is -2.96. The van der Waals surface area contributed by atoms with Gasteiger partial charge in [0, 0.05) is 6.07 Å². The second-order valence-electron chi connectivity index (χ2n) is 5.03. The van der Waals surface area contributed by atoms with Gasteiger partial charge in [0.2, 0.25) is 15.8 Å². The lowest BCUT2D eigenvalue weighted by Gasteiger charge is -2.21. The van der Waals surface area contributed by atoms with Gasteiger partial charge in [-0.3, -0.25) is 10.1 Å². The summed E-state index contributed by atoms with van der Waals surface area (Å²) in [7, 11) is -3.94. The summed E-state index contributed by atoms with van der Waals surface area (Å²) >= 11 is 5.89. The normalized spacial score (nSPS) is 11.1. The number of carbonyl (C=O) groups is 1. The highest BCUT2D eigenvalue weighted by molar-refractivity contribution is 7.89. The van der Waals surface area contributed by atoms with Crippen molar-refractivity contribution in [2.75, 3.05) is 17.2 Å². The molecule has 0 aliphatic rings. The Morgan fingerprint density at radius 3 is 2.41 bits per heavy atom. The smallest absolute Gasteiger partial charge is 0.420 e. The van der Waals surface area contributed by atoms with Crippen LogP contribution in [-0.2, 0) is 14.8 Å². The zero-order valence-electron chi connectivity index (χ0n) is 13.8. The molecule has 1 aromatic heterocycles. The van der Waals surface area contributed by atoms with Gasteiger partial charge in [0.05, 0.1) is 22.1 Å². The molecular weight excluding hydrogens is 402 g/mol. The molecule has 0 saturated heterocycles. The standard InChI is InChI=1S/C14H14ClN5O6S/c1-2-26-14(21)19(8-3-5-9(6-4-8)27(17,24)25)11-7-10(15)12(20(22)23)13(16)18-11/h3-7H,2H2,1H3,(H2,16,18)(H2,17,24,25). The predicted octanol–water partition coefficient (Wildman–Crippen LogP) is 2.17. The number of ether oxygens (including phenoxy) is 1. The average Bonchev–Trinajstić information content (AvgIpc) is 2.54. The number of nitrogens with two attached hydrogens (primary N) is 2. The first-order valence-electron chi connectivity index (χ1n) is 7.26. The van der Waals surface area contributed by atoms with Crippen molar-refractivity contribution in [1.82, 2.24) is 4.98 Å². The molecule has 1 aromatic carbocycles. The number of primary sulfonamides is 1. The molecule has 0 aliphatic carbocycles. The van der Waals surface area contributed by atoms with E-state index in [9.17, 15) is 23.3 Å². The third-order valence-corrected chi connectivity index (χ3v) is 4.46. The van der Waals surface area contributed by atoms with Crippen molar-refractivity contribution in [1.29, 1.82) is 0 Å². The SMILES string of the molecule is CCOC(=O)N(c1ccc(S(N)(=O)=O)cc1)c1cc(Cl)c([N+](=O)[O-])c(N)n1. The predicted molar refractivity (Wildman–Crippen MR) is 97.3 cm³/mol. The number of rotatable bonds is 5. The molecule has 0 unspecified atom stereocenters. The highest BCUT2D eigenvalue weighted by Gasteiger charge is 2.27. The van der Waals surface area contributed by atoms with Crippen LogP contribution in [0.5, 0.6) is 0 Å². The molecule has 144 valence electrons. The molecule has 0 bridgehead atoms. The van der Waals surface area contributed by atoms with Crippen LogP contribution in [0, 0.1) is 10.1 Å². The number of nitro groups is 1. The number of anilines is 3. The Labute approximate surface area is 158 Å². The molecule has 0 saturated carbocycles. The first-order chi connectivity index (χ1) is 12.6. The van der Waals surface area contributed by atoms with E-state index in [1.807, 2.05) is 0 Å². The molecule has 2 rings (SSSR count). The third kappa shape index (κ3) is 4.42. The molecule has 0 radical (unpaired) electrons.